The SMILES string of the molecule is CSC(CO)C(C)Nc1nc(C)ccc1[N+](=O)[O-]. The second kappa shape index (κ2) is 6.55. The van der Waals surface area contributed by atoms with Crippen molar-refractivity contribution < 1.29 is 10.0 Å². The van der Waals surface area contributed by atoms with E-state index in [1.54, 1.807) is 13.0 Å². The van der Waals surface area contributed by atoms with Crippen LogP contribution in [0, 0.1) is 17.0 Å². The highest BCUT2D eigenvalue weighted by Gasteiger charge is 2.21. The minimum absolute atomic E-state index is 0.00888. The number of nitrogens with zero attached hydrogens (tertiary/aromatic N) is 2. The molecule has 0 saturated heterocycles. The van der Waals surface area contributed by atoms with Gasteiger partial charge in [-0.25, -0.2) is 4.98 Å². The summed E-state index contributed by atoms with van der Waals surface area (Å²) in [5.74, 6) is 0.250. The fraction of sp³-hybridized carbons (Fsp3) is 0.545. The molecule has 2 atom stereocenters. The van der Waals surface area contributed by atoms with E-state index in [1.165, 1.54) is 17.8 Å². The summed E-state index contributed by atoms with van der Waals surface area (Å²) in [6.45, 7) is 3.65. The Bertz CT molecular complexity index is 424. The van der Waals surface area contributed by atoms with Gasteiger partial charge in [0.1, 0.15) is 0 Å². The predicted molar refractivity (Wildman–Crippen MR) is 73.1 cm³/mol. The average Bonchev–Trinajstić information content (AvgIpc) is 2.30. The lowest BCUT2D eigenvalue weighted by Gasteiger charge is -2.21. The molecule has 0 fully saturated rings. The Kier molecular flexibility index (Phi) is 5.36. The van der Waals surface area contributed by atoms with E-state index >= 15 is 0 Å². The monoisotopic (exact) mass is 271 g/mol. The number of aromatic nitrogens is 1. The molecule has 1 aromatic heterocycles. The Morgan fingerprint density at radius 2 is 2.28 bits per heavy atom. The number of hydrogen-bond donors (Lipinski definition) is 2. The van der Waals surface area contributed by atoms with Gasteiger partial charge in [-0.1, -0.05) is 0 Å². The normalized spacial score (nSPS) is 14.0. The number of aliphatic hydroxyl groups excluding tert-OH is 1. The molecule has 0 aliphatic rings. The van der Waals surface area contributed by atoms with Crippen LogP contribution in [0.3, 0.4) is 0 Å². The van der Waals surface area contributed by atoms with Crippen LogP contribution in [0.15, 0.2) is 12.1 Å². The van der Waals surface area contributed by atoms with Crippen LogP contribution in [-0.4, -0.2) is 39.2 Å². The molecule has 0 saturated carbocycles. The van der Waals surface area contributed by atoms with Crippen LogP contribution in [0.4, 0.5) is 11.5 Å². The first kappa shape index (κ1) is 14.7. The maximum absolute atomic E-state index is 10.9. The first-order valence-electron chi connectivity index (χ1n) is 5.51. The molecule has 0 aromatic carbocycles. The number of aliphatic hydroxyl groups is 1. The molecule has 1 aromatic rings. The molecule has 0 radical (unpaired) electrons. The molecular weight excluding hydrogens is 254 g/mol. The zero-order chi connectivity index (χ0) is 13.7. The van der Waals surface area contributed by atoms with Gasteiger partial charge in [0.05, 0.1) is 11.5 Å². The van der Waals surface area contributed by atoms with Gasteiger partial charge in [0, 0.05) is 23.1 Å². The lowest BCUT2D eigenvalue weighted by Crippen LogP contribution is -2.31. The van der Waals surface area contributed by atoms with Crippen LogP contribution >= 0.6 is 11.8 Å². The zero-order valence-electron chi connectivity index (χ0n) is 10.6. The highest BCUT2D eigenvalue weighted by atomic mass is 32.2. The van der Waals surface area contributed by atoms with Gasteiger partial charge >= 0.3 is 5.69 Å². The van der Waals surface area contributed by atoms with Crippen molar-refractivity contribution in [1.29, 1.82) is 0 Å². The minimum Gasteiger partial charge on any atom is -0.395 e. The molecule has 6 nitrogen and oxygen atoms in total. The van der Waals surface area contributed by atoms with Gasteiger partial charge in [-0.15, -0.1) is 0 Å². The van der Waals surface area contributed by atoms with Gasteiger partial charge in [0.2, 0.25) is 5.82 Å². The summed E-state index contributed by atoms with van der Waals surface area (Å²) in [4.78, 5) is 14.6. The van der Waals surface area contributed by atoms with Gasteiger partial charge in [0.15, 0.2) is 0 Å². The zero-order valence-corrected chi connectivity index (χ0v) is 11.4. The molecule has 1 heterocycles. The third kappa shape index (κ3) is 3.58. The molecule has 0 aliphatic heterocycles. The third-order valence-electron chi connectivity index (χ3n) is 2.61. The van der Waals surface area contributed by atoms with Crippen molar-refractivity contribution in [3.05, 3.63) is 27.9 Å². The fourth-order valence-corrected chi connectivity index (χ4v) is 2.17. The molecule has 0 amide bonds. The Balaban J connectivity index is 2.95. The molecule has 7 heteroatoms. The fourth-order valence-electron chi connectivity index (χ4n) is 1.55. The third-order valence-corrected chi connectivity index (χ3v) is 3.78. The Hall–Kier alpha value is -1.34. The van der Waals surface area contributed by atoms with E-state index < -0.39 is 4.92 Å². The van der Waals surface area contributed by atoms with Crippen LogP contribution < -0.4 is 5.32 Å². The first-order chi connectivity index (χ1) is 8.49. The number of thioether (sulfide) groups is 1. The molecule has 100 valence electrons. The summed E-state index contributed by atoms with van der Waals surface area (Å²) in [5.41, 5.74) is 0.658. The maximum Gasteiger partial charge on any atom is 0.311 e. The lowest BCUT2D eigenvalue weighted by atomic mass is 10.2. The Morgan fingerprint density at radius 1 is 1.61 bits per heavy atom. The number of nitro groups is 1. The maximum atomic E-state index is 10.9. The van der Waals surface area contributed by atoms with Crippen molar-refractivity contribution in [3.8, 4) is 0 Å². The van der Waals surface area contributed by atoms with E-state index in [0.29, 0.717) is 5.69 Å². The van der Waals surface area contributed by atoms with Crippen molar-refractivity contribution in [3.63, 3.8) is 0 Å². The van der Waals surface area contributed by atoms with Crippen LogP contribution in [0.1, 0.15) is 12.6 Å². The van der Waals surface area contributed by atoms with E-state index in [2.05, 4.69) is 10.3 Å². The van der Waals surface area contributed by atoms with Crippen LogP contribution in [0.2, 0.25) is 0 Å². The average molecular weight is 271 g/mol. The van der Waals surface area contributed by atoms with Crippen molar-refractivity contribution in [2.75, 3.05) is 18.2 Å². The minimum atomic E-state index is -0.464. The van der Waals surface area contributed by atoms with Crippen molar-refractivity contribution in [1.82, 2.24) is 4.98 Å². The van der Waals surface area contributed by atoms with E-state index in [0.717, 1.165) is 0 Å². The first-order valence-corrected chi connectivity index (χ1v) is 6.80. The van der Waals surface area contributed by atoms with E-state index in [1.807, 2.05) is 13.2 Å². The number of hydrogen-bond acceptors (Lipinski definition) is 6. The Labute approximate surface area is 110 Å². The van der Waals surface area contributed by atoms with Crippen molar-refractivity contribution >= 4 is 23.3 Å². The molecular formula is C11H17N3O3S. The molecule has 0 aliphatic carbocycles. The second-order valence-electron chi connectivity index (χ2n) is 3.97. The summed E-state index contributed by atoms with van der Waals surface area (Å²) in [5, 5.41) is 23.1. The van der Waals surface area contributed by atoms with Crippen LogP contribution in [-0.2, 0) is 0 Å². The standard InChI is InChI=1S/C11H17N3O3S/c1-7-4-5-9(14(16)17)11(12-7)13-8(2)10(6-15)18-3/h4-5,8,10,15H,6H2,1-3H3,(H,12,13). The molecule has 2 unspecified atom stereocenters. The lowest BCUT2D eigenvalue weighted by molar-refractivity contribution is -0.384. The van der Waals surface area contributed by atoms with Crippen LogP contribution in [0.25, 0.3) is 0 Å². The summed E-state index contributed by atoms with van der Waals surface area (Å²) < 4.78 is 0. The number of nitrogens with one attached hydrogen (secondary N) is 1. The van der Waals surface area contributed by atoms with Crippen molar-refractivity contribution in [2.24, 2.45) is 0 Å². The smallest absolute Gasteiger partial charge is 0.311 e. The summed E-state index contributed by atoms with van der Waals surface area (Å²) in [6.07, 6.45) is 1.89. The highest BCUT2D eigenvalue weighted by Crippen LogP contribution is 2.24. The number of aryl methyl sites for hydroxylation is 1. The van der Waals surface area contributed by atoms with Gasteiger partial charge in [0.25, 0.3) is 0 Å². The second-order valence-corrected chi connectivity index (χ2v) is 5.04. The van der Waals surface area contributed by atoms with Gasteiger partial charge in [-0.3, -0.25) is 10.1 Å². The molecule has 0 spiro atoms. The van der Waals surface area contributed by atoms with E-state index in [-0.39, 0.29) is 29.4 Å². The molecule has 0 bridgehead atoms. The number of pyridine rings is 1. The predicted octanol–water partition coefficient (Wildman–Crippen LogP) is 1.82. The van der Waals surface area contributed by atoms with Gasteiger partial charge < -0.3 is 10.4 Å². The molecule has 2 N–H and O–H groups in total. The number of anilines is 1. The summed E-state index contributed by atoms with van der Waals surface area (Å²) in [6, 6.07) is 2.93. The largest absolute Gasteiger partial charge is 0.395 e. The quantitative estimate of drug-likeness (QED) is 0.606. The summed E-state index contributed by atoms with van der Waals surface area (Å²) >= 11 is 1.51. The van der Waals surface area contributed by atoms with Gasteiger partial charge in [-0.2, -0.15) is 11.8 Å². The summed E-state index contributed by atoms with van der Waals surface area (Å²) in [7, 11) is 0. The van der Waals surface area contributed by atoms with E-state index in [4.69, 9.17) is 0 Å². The topological polar surface area (TPSA) is 88.3 Å². The van der Waals surface area contributed by atoms with Crippen LogP contribution in [0.5, 0.6) is 0 Å². The van der Waals surface area contributed by atoms with Crippen molar-refractivity contribution in [2.45, 2.75) is 25.1 Å². The Morgan fingerprint density at radius 3 is 2.78 bits per heavy atom. The molecule has 18 heavy (non-hydrogen) atoms. The number of rotatable bonds is 6. The highest BCUT2D eigenvalue weighted by molar-refractivity contribution is 7.99. The molecule has 1 rings (SSSR count). The van der Waals surface area contributed by atoms with E-state index in [9.17, 15) is 15.2 Å². The van der Waals surface area contributed by atoms with Gasteiger partial charge in [-0.05, 0) is 26.2 Å².